The topological polar surface area (TPSA) is 85.4 Å². The van der Waals surface area contributed by atoms with Gasteiger partial charge in [0, 0.05) is 26.5 Å². The van der Waals surface area contributed by atoms with Crippen LogP contribution in [0.5, 0.6) is 0 Å². The average molecular weight is 316 g/mol. The van der Waals surface area contributed by atoms with Gasteiger partial charge in [-0.05, 0) is 24.6 Å². The molecule has 1 aromatic carbocycles. The zero-order chi connectivity index (χ0) is 16.5. The molecule has 0 aliphatic carbocycles. The Labute approximate surface area is 135 Å². The average Bonchev–Trinajstić information content (AvgIpc) is 2.59. The van der Waals surface area contributed by atoms with Crippen molar-refractivity contribution in [2.24, 2.45) is 0 Å². The predicted molar refractivity (Wildman–Crippen MR) is 88.1 cm³/mol. The lowest BCUT2D eigenvalue weighted by Gasteiger charge is -2.10. The molecule has 2 rings (SSSR count). The van der Waals surface area contributed by atoms with Gasteiger partial charge in [-0.3, -0.25) is 0 Å². The summed E-state index contributed by atoms with van der Waals surface area (Å²) < 4.78 is 9.77. The van der Waals surface area contributed by atoms with Gasteiger partial charge >= 0.3 is 5.97 Å². The summed E-state index contributed by atoms with van der Waals surface area (Å²) in [6, 6.07) is 8.83. The molecular formula is C16H20N4O3. The van der Waals surface area contributed by atoms with Gasteiger partial charge in [0.15, 0.2) is 0 Å². The third-order valence-electron chi connectivity index (χ3n) is 3.07. The molecule has 1 aromatic heterocycles. The number of rotatable bonds is 8. The van der Waals surface area contributed by atoms with Crippen LogP contribution in [0.15, 0.2) is 36.5 Å². The summed E-state index contributed by atoms with van der Waals surface area (Å²) in [5.41, 5.74) is 1.02. The lowest BCUT2D eigenvalue weighted by atomic mass is 10.2. The quantitative estimate of drug-likeness (QED) is 0.571. The van der Waals surface area contributed by atoms with Crippen molar-refractivity contribution in [3.8, 4) is 0 Å². The fraction of sp³-hybridized carbons (Fsp3) is 0.312. The number of carbonyl (C=O) groups is 1. The summed E-state index contributed by atoms with van der Waals surface area (Å²) in [5.74, 6) is 0.689. The van der Waals surface area contributed by atoms with Gasteiger partial charge in [0.25, 0.3) is 0 Å². The van der Waals surface area contributed by atoms with Crippen molar-refractivity contribution >= 4 is 23.4 Å². The third-order valence-corrected chi connectivity index (χ3v) is 3.07. The molecule has 0 fully saturated rings. The molecule has 23 heavy (non-hydrogen) atoms. The molecule has 0 aliphatic rings. The lowest BCUT2D eigenvalue weighted by Crippen LogP contribution is -2.09. The fourth-order valence-electron chi connectivity index (χ4n) is 1.95. The summed E-state index contributed by atoms with van der Waals surface area (Å²) in [7, 11) is 3.02. The molecule has 0 bridgehead atoms. The Morgan fingerprint density at radius 3 is 2.83 bits per heavy atom. The molecule has 7 heteroatoms. The Morgan fingerprint density at radius 2 is 2.04 bits per heavy atom. The minimum atomic E-state index is -0.415. The number of carbonyl (C=O) groups excluding carboxylic acids is 1. The first-order valence-electron chi connectivity index (χ1n) is 7.25. The fourth-order valence-corrected chi connectivity index (χ4v) is 1.95. The molecule has 0 amide bonds. The summed E-state index contributed by atoms with van der Waals surface area (Å²) in [4.78, 5) is 20.3. The van der Waals surface area contributed by atoms with Crippen LogP contribution in [-0.4, -0.2) is 43.3 Å². The van der Waals surface area contributed by atoms with Crippen molar-refractivity contribution in [3.63, 3.8) is 0 Å². The van der Waals surface area contributed by atoms with E-state index >= 15 is 0 Å². The van der Waals surface area contributed by atoms with E-state index < -0.39 is 5.97 Å². The summed E-state index contributed by atoms with van der Waals surface area (Å²) in [6.45, 7) is 1.44. The highest BCUT2D eigenvalue weighted by molar-refractivity contribution is 5.96. The molecule has 0 atom stereocenters. The second-order valence-corrected chi connectivity index (χ2v) is 4.70. The molecule has 0 spiro atoms. The molecular weight excluding hydrogens is 296 g/mol. The number of ether oxygens (including phenoxy) is 2. The first-order chi connectivity index (χ1) is 11.2. The van der Waals surface area contributed by atoms with Crippen molar-refractivity contribution in [2.45, 2.75) is 6.42 Å². The largest absolute Gasteiger partial charge is 0.465 e. The van der Waals surface area contributed by atoms with Gasteiger partial charge in [-0.15, -0.1) is 0 Å². The number of nitrogens with one attached hydrogen (secondary N) is 2. The van der Waals surface area contributed by atoms with Crippen LogP contribution < -0.4 is 10.6 Å². The molecule has 2 N–H and O–H groups in total. The maximum absolute atomic E-state index is 11.8. The van der Waals surface area contributed by atoms with Gasteiger partial charge in [0.05, 0.1) is 18.4 Å². The van der Waals surface area contributed by atoms with Crippen LogP contribution in [0.2, 0.25) is 0 Å². The monoisotopic (exact) mass is 316 g/mol. The Bertz CT molecular complexity index is 649. The Kier molecular flexibility index (Phi) is 6.31. The van der Waals surface area contributed by atoms with Gasteiger partial charge in [-0.25, -0.2) is 9.78 Å². The molecule has 0 saturated carbocycles. The summed E-state index contributed by atoms with van der Waals surface area (Å²) >= 11 is 0. The first-order valence-corrected chi connectivity index (χ1v) is 7.25. The number of anilines is 3. The highest BCUT2D eigenvalue weighted by atomic mass is 16.5. The third kappa shape index (κ3) is 4.93. The number of benzene rings is 1. The van der Waals surface area contributed by atoms with E-state index in [2.05, 4.69) is 20.6 Å². The van der Waals surface area contributed by atoms with E-state index in [1.54, 1.807) is 37.6 Å². The van der Waals surface area contributed by atoms with E-state index in [0.717, 1.165) is 13.0 Å². The van der Waals surface area contributed by atoms with Crippen LogP contribution in [0.1, 0.15) is 16.8 Å². The van der Waals surface area contributed by atoms with E-state index in [9.17, 15) is 4.79 Å². The highest BCUT2D eigenvalue weighted by Crippen LogP contribution is 2.20. The molecule has 7 nitrogen and oxygen atoms in total. The SMILES string of the molecule is COCCCNc1ccnc(Nc2ccccc2C(=O)OC)n1. The smallest absolute Gasteiger partial charge is 0.339 e. The second-order valence-electron chi connectivity index (χ2n) is 4.70. The van der Waals surface area contributed by atoms with Crippen LogP contribution >= 0.6 is 0 Å². The zero-order valence-electron chi connectivity index (χ0n) is 13.2. The van der Waals surface area contributed by atoms with E-state index in [4.69, 9.17) is 9.47 Å². The van der Waals surface area contributed by atoms with Crippen molar-refractivity contribution in [2.75, 3.05) is 38.0 Å². The van der Waals surface area contributed by atoms with Crippen molar-refractivity contribution in [1.29, 1.82) is 0 Å². The minimum absolute atomic E-state index is 0.401. The van der Waals surface area contributed by atoms with Crippen LogP contribution in [-0.2, 0) is 9.47 Å². The van der Waals surface area contributed by atoms with Gasteiger partial charge in [-0.2, -0.15) is 4.98 Å². The lowest BCUT2D eigenvalue weighted by molar-refractivity contribution is 0.0602. The number of hydrogen-bond donors (Lipinski definition) is 2. The van der Waals surface area contributed by atoms with Gasteiger partial charge in [0.2, 0.25) is 5.95 Å². The predicted octanol–water partition coefficient (Wildman–Crippen LogP) is 2.46. The van der Waals surface area contributed by atoms with E-state index in [-0.39, 0.29) is 0 Å². The van der Waals surface area contributed by atoms with Crippen molar-refractivity contribution in [1.82, 2.24) is 9.97 Å². The van der Waals surface area contributed by atoms with E-state index in [0.29, 0.717) is 29.6 Å². The van der Waals surface area contributed by atoms with Gasteiger partial charge in [-0.1, -0.05) is 12.1 Å². The molecule has 0 radical (unpaired) electrons. The van der Waals surface area contributed by atoms with Crippen LogP contribution in [0.4, 0.5) is 17.5 Å². The van der Waals surface area contributed by atoms with E-state index in [1.165, 1.54) is 7.11 Å². The normalized spacial score (nSPS) is 10.2. The van der Waals surface area contributed by atoms with Crippen LogP contribution in [0.25, 0.3) is 0 Å². The standard InChI is InChI=1S/C16H20N4O3/c1-22-11-5-9-17-14-8-10-18-16(20-14)19-13-7-4-3-6-12(13)15(21)23-2/h3-4,6-8,10H,5,9,11H2,1-2H3,(H2,17,18,19,20). The highest BCUT2D eigenvalue weighted by Gasteiger charge is 2.11. The molecule has 0 unspecified atom stereocenters. The summed E-state index contributed by atoms with van der Waals surface area (Å²) in [6.07, 6.45) is 2.53. The maximum atomic E-state index is 11.8. The molecule has 122 valence electrons. The first kappa shape index (κ1) is 16.7. The Balaban J connectivity index is 2.07. The summed E-state index contributed by atoms with van der Waals surface area (Å²) in [5, 5.41) is 6.23. The molecule has 1 heterocycles. The number of hydrogen-bond acceptors (Lipinski definition) is 7. The second kappa shape index (κ2) is 8.70. The van der Waals surface area contributed by atoms with Gasteiger partial charge < -0.3 is 20.1 Å². The number of esters is 1. The number of nitrogens with zero attached hydrogens (tertiary/aromatic N) is 2. The van der Waals surface area contributed by atoms with Crippen LogP contribution in [0, 0.1) is 0 Å². The zero-order valence-corrected chi connectivity index (χ0v) is 13.2. The molecule has 0 aliphatic heterocycles. The van der Waals surface area contributed by atoms with E-state index in [1.807, 2.05) is 6.07 Å². The minimum Gasteiger partial charge on any atom is -0.465 e. The number of aromatic nitrogens is 2. The number of methoxy groups -OCH3 is 2. The number of para-hydroxylation sites is 1. The Morgan fingerprint density at radius 1 is 1.22 bits per heavy atom. The molecule has 0 saturated heterocycles. The van der Waals surface area contributed by atoms with Crippen molar-refractivity contribution < 1.29 is 14.3 Å². The van der Waals surface area contributed by atoms with Crippen molar-refractivity contribution in [3.05, 3.63) is 42.1 Å². The molecule has 2 aromatic rings. The van der Waals surface area contributed by atoms with Crippen LogP contribution in [0.3, 0.4) is 0 Å². The van der Waals surface area contributed by atoms with Gasteiger partial charge in [0.1, 0.15) is 5.82 Å². The maximum Gasteiger partial charge on any atom is 0.339 e. The Hall–Kier alpha value is -2.67.